The van der Waals surface area contributed by atoms with E-state index in [9.17, 15) is 4.21 Å². The molecule has 0 aromatic carbocycles. The van der Waals surface area contributed by atoms with E-state index < -0.39 is 11.1 Å². The van der Waals surface area contributed by atoms with Gasteiger partial charge >= 0.3 is 0 Å². The van der Waals surface area contributed by atoms with Gasteiger partial charge in [0.15, 0.2) is 11.1 Å². The van der Waals surface area contributed by atoms with E-state index in [1.807, 2.05) is 13.0 Å². The highest BCUT2D eigenvalue weighted by atomic mass is 32.2. The van der Waals surface area contributed by atoms with Crippen molar-refractivity contribution in [3.63, 3.8) is 0 Å². The molecule has 0 fully saturated rings. The summed E-state index contributed by atoms with van der Waals surface area (Å²) in [5.74, 6) is 0. The molecule has 0 aliphatic heterocycles. The maximum absolute atomic E-state index is 10.4. The van der Waals surface area contributed by atoms with Crippen LogP contribution in [0.1, 0.15) is 5.56 Å². The predicted octanol–water partition coefficient (Wildman–Crippen LogP) is 1.64. The Bertz CT molecular complexity index is 229. The molecule has 1 atom stereocenters. The molecule has 0 aliphatic rings. The van der Waals surface area contributed by atoms with Gasteiger partial charge in [0.2, 0.25) is 0 Å². The quantitative estimate of drug-likeness (QED) is 0.637. The van der Waals surface area contributed by atoms with Crippen molar-refractivity contribution in [2.45, 2.75) is 11.1 Å². The molecule has 0 saturated carbocycles. The molecular weight excluding hydrogens is 156 g/mol. The second-order valence-corrected chi connectivity index (χ2v) is 3.72. The van der Waals surface area contributed by atoms with Crippen LogP contribution in [0.3, 0.4) is 0 Å². The highest BCUT2D eigenvalue weighted by Gasteiger charge is 2.03. The van der Waals surface area contributed by atoms with Crippen molar-refractivity contribution in [3.05, 3.63) is 17.0 Å². The van der Waals surface area contributed by atoms with Gasteiger partial charge in [-0.3, -0.25) is 0 Å². The summed E-state index contributed by atoms with van der Waals surface area (Å²) < 4.78 is 19.5. The first-order chi connectivity index (χ1) is 4.22. The standard InChI is InChI=1S/C5H6O2S2/c1-4-2-3-8-5(4)9(6)7/h2-3H,1H3,(H,6,7). The molecule has 2 nitrogen and oxygen atoms in total. The molecule has 1 rings (SSSR count). The Morgan fingerprint density at radius 3 is 2.67 bits per heavy atom. The van der Waals surface area contributed by atoms with E-state index in [0.29, 0.717) is 4.21 Å². The van der Waals surface area contributed by atoms with Crippen LogP contribution >= 0.6 is 11.3 Å². The molecule has 0 amide bonds. The number of rotatable bonds is 1. The van der Waals surface area contributed by atoms with Crippen LogP contribution in [0.5, 0.6) is 0 Å². The van der Waals surface area contributed by atoms with Crippen LogP contribution in [0.15, 0.2) is 15.7 Å². The molecule has 0 aliphatic carbocycles. The molecule has 0 saturated heterocycles. The molecule has 50 valence electrons. The van der Waals surface area contributed by atoms with Gasteiger partial charge in [0.25, 0.3) is 0 Å². The van der Waals surface area contributed by atoms with E-state index in [4.69, 9.17) is 4.55 Å². The van der Waals surface area contributed by atoms with Crippen LogP contribution in [0, 0.1) is 6.92 Å². The fourth-order valence-corrected chi connectivity index (χ4v) is 2.03. The normalized spacial score (nSPS) is 13.6. The molecule has 1 aromatic heterocycles. The molecule has 1 heterocycles. The van der Waals surface area contributed by atoms with Gasteiger partial charge in [-0.2, -0.15) is 0 Å². The summed E-state index contributed by atoms with van der Waals surface area (Å²) in [6.07, 6.45) is 0. The van der Waals surface area contributed by atoms with Crippen molar-refractivity contribution in [1.82, 2.24) is 0 Å². The topological polar surface area (TPSA) is 37.3 Å². The molecule has 1 aromatic rings. The third kappa shape index (κ3) is 1.38. The first-order valence-corrected chi connectivity index (χ1v) is 4.35. The van der Waals surface area contributed by atoms with Gasteiger partial charge in [0.05, 0.1) is 0 Å². The number of hydrogen-bond donors (Lipinski definition) is 1. The van der Waals surface area contributed by atoms with Crippen LogP contribution in [0.25, 0.3) is 0 Å². The minimum atomic E-state index is -1.79. The van der Waals surface area contributed by atoms with E-state index in [1.54, 1.807) is 5.38 Å². The summed E-state index contributed by atoms with van der Waals surface area (Å²) in [4.78, 5) is 0. The van der Waals surface area contributed by atoms with Crippen LogP contribution in [-0.4, -0.2) is 8.76 Å². The van der Waals surface area contributed by atoms with E-state index in [0.717, 1.165) is 5.56 Å². The largest absolute Gasteiger partial charge is 0.302 e. The fraction of sp³-hybridized carbons (Fsp3) is 0.200. The van der Waals surface area contributed by atoms with Crippen LogP contribution in [0.4, 0.5) is 0 Å². The predicted molar refractivity (Wildman–Crippen MR) is 38.1 cm³/mol. The first-order valence-electron chi connectivity index (χ1n) is 2.37. The average molecular weight is 162 g/mol. The Balaban J connectivity index is 3.08. The summed E-state index contributed by atoms with van der Waals surface area (Å²) in [6, 6.07) is 1.83. The highest BCUT2D eigenvalue weighted by molar-refractivity contribution is 7.81. The van der Waals surface area contributed by atoms with Crippen molar-refractivity contribution in [1.29, 1.82) is 0 Å². The van der Waals surface area contributed by atoms with Gasteiger partial charge in [0.1, 0.15) is 4.21 Å². The summed E-state index contributed by atoms with van der Waals surface area (Å²) in [6.45, 7) is 1.82. The monoisotopic (exact) mass is 162 g/mol. The Morgan fingerprint density at radius 2 is 2.44 bits per heavy atom. The van der Waals surface area contributed by atoms with Crippen molar-refractivity contribution < 1.29 is 8.76 Å². The lowest BCUT2D eigenvalue weighted by Crippen LogP contribution is -1.84. The minimum Gasteiger partial charge on any atom is -0.302 e. The lowest BCUT2D eigenvalue weighted by Gasteiger charge is -1.87. The number of aryl methyl sites for hydroxylation is 1. The van der Waals surface area contributed by atoms with Gasteiger partial charge in [-0.15, -0.1) is 11.3 Å². The fourth-order valence-electron chi connectivity index (χ4n) is 0.538. The minimum absolute atomic E-state index is 0.551. The maximum atomic E-state index is 10.4. The molecule has 0 radical (unpaired) electrons. The smallest absolute Gasteiger partial charge is 0.197 e. The zero-order valence-electron chi connectivity index (χ0n) is 4.83. The highest BCUT2D eigenvalue weighted by Crippen LogP contribution is 2.17. The Hall–Kier alpha value is -0.190. The lowest BCUT2D eigenvalue weighted by molar-refractivity contribution is 0.566. The molecule has 1 N–H and O–H groups in total. The second kappa shape index (κ2) is 2.60. The van der Waals surface area contributed by atoms with Gasteiger partial charge < -0.3 is 4.55 Å². The van der Waals surface area contributed by atoms with Crippen LogP contribution in [-0.2, 0) is 11.1 Å². The summed E-state index contributed by atoms with van der Waals surface area (Å²) in [5, 5.41) is 1.80. The van der Waals surface area contributed by atoms with Gasteiger partial charge in [0, 0.05) is 0 Å². The summed E-state index contributed by atoms with van der Waals surface area (Å²) >= 11 is -0.483. The van der Waals surface area contributed by atoms with Crippen LogP contribution in [0.2, 0.25) is 0 Å². The zero-order chi connectivity index (χ0) is 6.85. The van der Waals surface area contributed by atoms with E-state index in [1.165, 1.54) is 11.3 Å². The Kier molecular flexibility index (Phi) is 2.00. The SMILES string of the molecule is Cc1ccsc1S(=O)O. The second-order valence-electron chi connectivity index (χ2n) is 1.64. The van der Waals surface area contributed by atoms with E-state index >= 15 is 0 Å². The molecule has 0 bridgehead atoms. The third-order valence-corrected chi connectivity index (χ3v) is 3.14. The van der Waals surface area contributed by atoms with Gasteiger partial charge in [-0.25, -0.2) is 4.21 Å². The molecule has 0 spiro atoms. The molecule has 1 unspecified atom stereocenters. The molecular formula is C5H6O2S2. The third-order valence-electron chi connectivity index (χ3n) is 0.974. The van der Waals surface area contributed by atoms with Crippen LogP contribution < -0.4 is 0 Å². The number of thiophene rings is 1. The first kappa shape index (κ1) is 6.92. The summed E-state index contributed by atoms with van der Waals surface area (Å²) in [5.41, 5.74) is 0.890. The maximum Gasteiger partial charge on any atom is 0.197 e. The Labute approximate surface area is 59.8 Å². The van der Waals surface area contributed by atoms with Crippen molar-refractivity contribution in [2.24, 2.45) is 0 Å². The van der Waals surface area contributed by atoms with Crippen molar-refractivity contribution in [2.75, 3.05) is 0 Å². The molecule has 9 heavy (non-hydrogen) atoms. The van der Waals surface area contributed by atoms with Gasteiger partial charge in [-0.05, 0) is 23.9 Å². The zero-order valence-corrected chi connectivity index (χ0v) is 6.46. The Morgan fingerprint density at radius 1 is 1.78 bits per heavy atom. The summed E-state index contributed by atoms with van der Waals surface area (Å²) in [7, 11) is 0. The van der Waals surface area contributed by atoms with Crippen molar-refractivity contribution >= 4 is 22.4 Å². The number of hydrogen-bond acceptors (Lipinski definition) is 2. The van der Waals surface area contributed by atoms with E-state index in [2.05, 4.69) is 0 Å². The van der Waals surface area contributed by atoms with Gasteiger partial charge in [-0.1, -0.05) is 0 Å². The van der Waals surface area contributed by atoms with E-state index in [-0.39, 0.29) is 0 Å². The van der Waals surface area contributed by atoms with Crippen molar-refractivity contribution in [3.8, 4) is 0 Å². The average Bonchev–Trinajstić information content (AvgIpc) is 2.13. The molecule has 4 heteroatoms. The lowest BCUT2D eigenvalue weighted by atomic mass is 10.4.